The van der Waals surface area contributed by atoms with Gasteiger partial charge in [0, 0.05) is 19.5 Å². The van der Waals surface area contributed by atoms with Crippen molar-refractivity contribution in [2.24, 2.45) is 0 Å². The van der Waals surface area contributed by atoms with E-state index in [1.54, 1.807) is 40.2 Å². The molecule has 0 aliphatic carbocycles. The zero-order valence-corrected chi connectivity index (χ0v) is 20.9. The van der Waals surface area contributed by atoms with E-state index in [4.69, 9.17) is 9.47 Å². The molecule has 0 radical (unpaired) electrons. The summed E-state index contributed by atoms with van der Waals surface area (Å²) in [6.07, 6.45) is 0.0805. The fourth-order valence-corrected chi connectivity index (χ4v) is 5.42. The Balaban J connectivity index is 2.09. The lowest BCUT2D eigenvalue weighted by molar-refractivity contribution is -0.142. The average Bonchev–Trinajstić information content (AvgIpc) is 3.30. The van der Waals surface area contributed by atoms with Crippen LogP contribution in [0.3, 0.4) is 0 Å². The standard InChI is InChI=1S/C20H25N3O6S3/c1-6-28-14(25)8-12-9-30-20(21-12)31-10-13(24)22-17-15(19(27)29-7-2)11(3)16(32-17)18(26)23(4)5/h9H,6-8,10H2,1-5H3,(H,22,24). The highest BCUT2D eigenvalue weighted by atomic mass is 32.2. The molecule has 0 saturated heterocycles. The molecule has 0 aliphatic rings. The van der Waals surface area contributed by atoms with Crippen LogP contribution in [0.5, 0.6) is 0 Å². The van der Waals surface area contributed by atoms with Crippen LogP contribution in [0.2, 0.25) is 0 Å². The lowest BCUT2D eigenvalue weighted by Gasteiger charge is -2.09. The summed E-state index contributed by atoms with van der Waals surface area (Å²) in [5.74, 6) is -1.51. The number of rotatable bonds is 10. The molecule has 2 heterocycles. The number of nitrogens with zero attached hydrogens (tertiary/aromatic N) is 2. The van der Waals surface area contributed by atoms with Crippen LogP contribution >= 0.6 is 34.4 Å². The van der Waals surface area contributed by atoms with Crippen LogP contribution in [0.25, 0.3) is 0 Å². The highest BCUT2D eigenvalue weighted by Crippen LogP contribution is 2.34. The third kappa shape index (κ3) is 6.78. The second-order valence-corrected chi connectivity index (χ2v) is 9.70. The van der Waals surface area contributed by atoms with Crippen molar-refractivity contribution in [2.75, 3.05) is 38.4 Å². The number of thiazole rings is 1. The molecule has 0 spiro atoms. The minimum atomic E-state index is -0.592. The van der Waals surface area contributed by atoms with Crippen LogP contribution in [-0.4, -0.2) is 66.7 Å². The molecule has 2 aromatic heterocycles. The molecule has 2 rings (SSSR count). The number of aromatic nitrogens is 1. The molecule has 9 nitrogen and oxygen atoms in total. The number of anilines is 1. The van der Waals surface area contributed by atoms with Gasteiger partial charge in [-0.2, -0.15) is 0 Å². The van der Waals surface area contributed by atoms with Gasteiger partial charge in [-0.25, -0.2) is 9.78 Å². The quantitative estimate of drug-likeness (QED) is 0.391. The molecule has 32 heavy (non-hydrogen) atoms. The second kappa shape index (κ2) is 12.0. The first-order chi connectivity index (χ1) is 15.2. The minimum absolute atomic E-state index is 0.0442. The first-order valence-corrected chi connectivity index (χ1v) is 12.4. The van der Waals surface area contributed by atoms with Gasteiger partial charge in [-0.3, -0.25) is 14.4 Å². The van der Waals surface area contributed by atoms with Crippen molar-refractivity contribution in [2.45, 2.75) is 31.5 Å². The predicted molar refractivity (Wildman–Crippen MR) is 125 cm³/mol. The molecule has 0 aromatic carbocycles. The number of amides is 2. The van der Waals surface area contributed by atoms with Crippen LogP contribution in [0.4, 0.5) is 5.00 Å². The van der Waals surface area contributed by atoms with E-state index in [0.717, 1.165) is 11.3 Å². The Morgan fingerprint density at radius 2 is 1.84 bits per heavy atom. The first kappa shape index (κ1) is 25.8. The van der Waals surface area contributed by atoms with E-state index in [0.29, 0.717) is 27.1 Å². The average molecular weight is 500 g/mol. The fourth-order valence-electron chi connectivity index (χ4n) is 2.54. The van der Waals surface area contributed by atoms with E-state index in [-0.39, 0.29) is 47.1 Å². The van der Waals surface area contributed by atoms with Gasteiger partial charge in [-0.15, -0.1) is 22.7 Å². The summed E-state index contributed by atoms with van der Waals surface area (Å²) < 4.78 is 10.6. The van der Waals surface area contributed by atoms with E-state index >= 15 is 0 Å². The number of ether oxygens (including phenoxy) is 2. The number of hydrogen-bond acceptors (Lipinski definition) is 10. The molecule has 1 N–H and O–H groups in total. The number of thiophene rings is 1. The van der Waals surface area contributed by atoms with Crippen LogP contribution in [0.1, 0.15) is 45.1 Å². The van der Waals surface area contributed by atoms with Crippen molar-refractivity contribution in [1.29, 1.82) is 0 Å². The van der Waals surface area contributed by atoms with Crippen molar-refractivity contribution < 1.29 is 28.7 Å². The van der Waals surface area contributed by atoms with Gasteiger partial charge in [0.15, 0.2) is 4.34 Å². The van der Waals surface area contributed by atoms with Crippen molar-refractivity contribution in [3.05, 3.63) is 27.1 Å². The smallest absolute Gasteiger partial charge is 0.341 e. The maximum atomic E-state index is 12.5. The van der Waals surface area contributed by atoms with Gasteiger partial charge in [0.05, 0.1) is 41.5 Å². The predicted octanol–water partition coefficient (Wildman–Crippen LogP) is 3.23. The monoisotopic (exact) mass is 499 g/mol. The Kier molecular flexibility index (Phi) is 9.66. The van der Waals surface area contributed by atoms with Crippen molar-refractivity contribution >= 4 is 63.2 Å². The molecule has 0 fully saturated rings. The number of hydrogen-bond donors (Lipinski definition) is 1. The first-order valence-electron chi connectivity index (χ1n) is 9.72. The van der Waals surface area contributed by atoms with Gasteiger partial charge in [0.2, 0.25) is 5.91 Å². The minimum Gasteiger partial charge on any atom is -0.466 e. The van der Waals surface area contributed by atoms with E-state index in [9.17, 15) is 19.2 Å². The molecule has 0 aliphatic heterocycles. The van der Waals surface area contributed by atoms with Crippen LogP contribution < -0.4 is 5.32 Å². The zero-order valence-electron chi connectivity index (χ0n) is 18.5. The molecular weight excluding hydrogens is 474 g/mol. The van der Waals surface area contributed by atoms with Crippen molar-refractivity contribution in [3.8, 4) is 0 Å². The third-order valence-corrected chi connectivity index (χ3v) is 7.23. The molecule has 12 heteroatoms. The normalized spacial score (nSPS) is 10.5. The number of carbonyl (C=O) groups excluding carboxylic acids is 4. The fraction of sp³-hybridized carbons (Fsp3) is 0.450. The van der Waals surface area contributed by atoms with E-state index in [1.807, 2.05) is 0 Å². The van der Waals surface area contributed by atoms with Gasteiger partial charge >= 0.3 is 11.9 Å². The van der Waals surface area contributed by atoms with Crippen molar-refractivity contribution in [1.82, 2.24) is 9.88 Å². The molecule has 2 amide bonds. The molecule has 0 unspecified atom stereocenters. The molecule has 2 aromatic rings. The number of thioether (sulfide) groups is 1. The number of carbonyl (C=O) groups is 4. The molecule has 0 atom stereocenters. The summed E-state index contributed by atoms with van der Waals surface area (Å²) in [4.78, 5) is 55.1. The van der Waals surface area contributed by atoms with Gasteiger partial charge in [0.1, 0.15) is 5.00 Å². The highest BCUT2D eigenvalue weighted by molar-refractivity contribution is 8.01. The summed E-state index contributed by atoms with van der Waals surface area (Å²) in [6.45, 7) is 5.56. The van der Waals surface area contributed by atoms with Crippen molar-refractivity contribution in [3.63, 3.8) is 0 Å². The number of esters is 2. The molecule has 0 bridgehead atoms. The Morgan fingerprint density at radius 1 is 1.16 bits per heavy atom. The Bertz CT molecular complexity index is 999. The molecule has 174 valence electrons. The molecule has 0 saturated carbocycles. The maximum Gasteiger partial charge on any atom is 0.341 e. The van der Waals surface area contributed by atoms with Crippen LogP contribution in [-0.2, 0) is 25.5 Å². The third-order valence-electron chi connectivity index (χ3n) is 3.97. The SMILES string of the molecule is CCOC(=O)Cc1csc(SCC(=O)Nc2sc(C(=O)N(C)C)c(C)c2C(=O)OCC)n1. The number of nitrogens with one attached hydrogen (secondary N) is 1. The van der Waals surface area contributed by atoms with E-state index in [2.05, 4.69) is 10.3 Å². The maximum absolute atomic E-state index is 12.5. The largest absolute Gasteiger partial charge is 0.466 e. The van der Waals surface area contributed by atoms with Crippen LogP contribution in [0.15, 0.2) is 9.72 Å². The summed E-state index contributed by atoms with van der Waals surface area (Å²) in [5.41, 5.74) is 1.24. The van der Waals surface area contributed by atoms with E-state index in [1.165, 1.54) is 28.0 Å². The van der Waals surface area contributed by atoms with E-state index < -0.39 is 5.97 Å². The molecular formula is C20H25N3O6S3. The van der Waals surface area contributed by atoms with Crippen LogP contribution in [0, 0.1) is 6.92 Å². The Labute approximate surface area is 198 Å². The van der Waals surface area contributed by atoms with Gasteiger partial charge in [0.25, 0.3) is 5.91 Å². The highest BCUT2D eigenvalue weighted by Gasteiger charge is 2.27. The lowest BCUT2D eigenvalue weighted by Crippen LogP contribution is -2.21. The summed E-state index contributed by atoms with van der Waals surface area (Å²) in [5, 5.41) is 4.75. The summed E-state index contributed by atoms with van der Waals surface area (Å²) >= 11 is 3.59. The Morgan fingerprint density at radius 3 is 2.47 bits per heavy atom. The summed E-state index contributed by atoms with van der Waals surface area (Å²) in [7, 11) is 3.23. The lowest BCUT2D eigenvalue weighted by atomic mass is 10.1. The van der Waals surface area contributed by atoms with Gasteiger partial charge in [-0.05, 0) is 26.3 Å². The topological polar surface area (TPSA) is 115 Å². The second-order valence-electron chi connectivity index (χ2n) is 6.60. The van der Waals surface area contributed by atoms with Gasteiger partial charge < -0.3 is 19.7 Å². The zero-order chi connectivity index (χ0) is 23.8. The summed E-state index contributed by atoms with van der Waals surface area (Å²) in [6, 6.07) is 0. The van der Waals surface area contributed by atoms with Gasteiger partial charge in [-0.1, -0.05) is 11.8 Å². The Hall–Kier alpha value is -2.44.